The molecule has 1 heterocycles. The zero-order valence-electron chi connectivity index (χ0n) is 18.1. The number of carbonyl (C=O) groups is 1. The monoisotopic (exact) mass is 517 g/mol. The van der Waals surface area contributed by atoms with E-state index in [0.717, 1.165) is 16.5 Å². The van der Waals surface area contributed by atoms with E-state index >= 15 is 0 Å². The van der Waals surface area contributed by atoms with Gasteiger partial charge < -0.3 is 15.0 Å². The molecule has 7 heteroatoms. The molecule has 3 aromatic carbocycles. The van der Waals surface area contributed by atoms with Crippen LogP contribution in [0.3, 0.4) is 0 Å². The summed E-state index contributed by atoms with van der Waals surface area (Å²) in [6, 6.07) is 21.6. The molecule has 0 fully saturated rings. The number of rotatable bonds is 8. The van der Waals surface area contributed by atoms with Crippen LogP contribution < -0.4 is 10.1 Å². The van der Waals surface area contributed by atoms with Crippen LogP contribution in [0, 0.1) is 17.1 Å². The smallest absolute Gasteiger partial charge is 0.261 e. The molecule has 0 saturated carbocycles. The summed E-state index contributed by atoms with van der Waals surface area (Å²) < 4.78 is 20.1. The van der Waals surface area contributed by atoms with Crippen molar-refractivity contribution in [3.8, 4) is 11.8 Å². The normalized spacial score (nSPS) is 11.3. The van der Waals surface area contributed by atoms with Crippen molar-refractivity contribution in [2.45, 2.75) is 13.0 Å². The van der Waals surface area contributed by atoms with E-state index < -0.39 is 5.91 Å². The highest BCUT2D eigenvalue weighted by Crippen LogP contribution is 2.28. The third kappa shape index (κ3) is 5.53. The van der Waals surface area contributed by atoms with Gasteiger partial charge in [-0.3, -0.25) is 4.79 Å². The first-order chi connectivity index (χ1) is 16.5. The van der Waals surface area contributed by atoms with Gasteiger partial charge in [0.1, 0.15) is 29.8 Å². The molecule has 1 aromatic heterocycles. The van der Waals surface area contributed by atoms with Crippen LogP contribution in [0.2, 0.25) is 0 Å². The Morgan fingerprint density at radius 3 is 2.71 bits per heavy atom. The Balaban J connectivity index is 1.37. The van der Waals surface area contributed by atoms with Crippen LogP contribution in [-0.4, -0.2) is 17.4 Å². The molecule has 0 aliphatic carbocycles. The highest BCUT2D eigenvalue weighted by Gasteiger charge is 2.11. The van der Waals surface area contributed by atoms with Gasteiger partial charge in [-0.05, 0) is 63.8 Å². The molecule has 0 aliphatic heterocycles. The molecule has 4 rings (SSSR count). The van der Waals surface area contributed by atoms with Gasteiger partial charge in [0.2, 0.25) is 0 Å². The average Bonchev–Trinajstić information content (AvgIpc) is 3.26. The highest BCUT2D eigenvalue weighted by atomic mass is 79.9. The summed E-state index contributed by atoms with van der Waals surface area (Å²) >= 11 is 3.44. The fraction of sp³-hybridized carbons (Fsp3) is 0.111. The first-order valence-electron chi connectivity index (χ1n) is 10.7. The first-order valence-corrected chi connectivity index (χ1v) is 11.4. The summed E-state index contributed by atoms with van der Waals surface area (Å²) in [4.78, 5) is 15.7. The lowest BCUT2D eigenvalue weighted by Crippen LogP contribution is -2.26. The average molecular weight is 518 g/mol. The number of H-pyrrole nitrogens is 1. The summed E-state index contributed by atoms with van der Waals surface area (Å²) in [7, 11) is 0. The fourth-order valence-corrected chi connectivity index (χ4v) is 4.07. The van der Waals surface area contributed by atoms with E-state index in [2.05, 4.69) is 26.2 Å². The SMILES string of the molecule is N#C/C(=C/c1ccc(OCc2ccccc2F)c(Br)c1)C(=O)NCCc1c[nH]c2ccccc12. The standard InChI is InChI=1S/C27H21BrFN3O2/c28-23-14-18(9-10-26(23)34-17-20-5-1-3-7-24(20)29)13-21(15-30)27(33)31-12-11-19-16-32-25-8-4-2-6-22(19)25/h1-10,13-14,16,32H,11-12,17H2,(H,31,33)/b21-13-. The van der Waals surface area contributed by atoms with E-state index in [1.165, 1.54) is 12.1 Å². The van der Waals surface area contributed by atoms with Gasteiger partial charge in [-0.1, -0.05) is 42.5 Å². The molecule has 170 valence electrons. The zero-order chi connectivity index (χ0) is 23.9. The number of nitriles is 1. The summed E-state index contributed by atoms with van der Waals surface area (Å²) in [6.07, 6.45) is 4.10. The number of aromatic amines is 1. The second kappa shape index (κ2) is 10.8. The number of halogens is 2. The molecule has 0 radical (unpaired) electrons. The van der Waals surface area contributed by atoms with Crippen LogP contribution in [-0.2, 0) is 17.8 Å². The minimum absolute atomic E-state index is 0.00542. The third-order valence-electron chi connectivity index (χ3n) is 5.33. The van der Waals surface area contributed by atoms with E-state index in [9.17, 15) is 14.4 Å². The van der Waals surface area contributed by atoms with E-state index in [4.69, 9.17) is 4.74 Å². The molecule has 5 nitrogen and oxygen atoms in total. The number of amides is 1. The Hall–Kier alpha value is -3.89. The van der Waals surface area contributed by atoms with Gasteiger partial charge in [-0.25, -0.2) is 4.39 Å². The third-order valence-corrected chi connectivity index (χ3v) is 5.95. The molecule has 4 aromatic rings. The molecular formula is C27H21BrFN3O2. The highest BCUT2D eigenvalue weighted by molar-refractivity contribution is 9.10. The first kappa shape index (κ1) is 23.3. The minimum atomic E-state index is -0.432. The quantitative estimate of drug-likeness (QED) is 0.225. The van der Waals surface area contributed by atoms with Crippen LogP contribution >= 0.6 is 15.9 Å². The topological polar surface area (TPSA) is 77.9 Å². The molecule has 0 unspecified atom stereocenters. The number of aromatic nitrogens is 1. The van der Waals surface area contributed by atoms with Crippen molar-refractivity contribution in [1.82, 2.24) is 10.3 Å². The number of nitrogens with one attached hydrogen (secondary N) is 2. The Morgan fingerprint density at radius 1 is 1.12 bits per heavy atom. The van der Waals surface area contributed by atoms with Crippen LogP contribution in [0.1, 0.15) is 16.7 Å². The van der Waals surface area contributed by atoms with Crippen LogP contribution in [0.5, 0.6) is 5.75 Å². The lowest BCUT2D eigenvalue weighted by Gasteiger charge is -2.10. The number of carbonyl (C=O) groups excluding carboxylic acids is 1. The second-order valence-corrected chi connectivity index (χ2v) is 8.46. The number of para-hydroxylation sites is 1. The maximum atomic E-state index is 13.8. The van der Waals surface area contributed by atoms with Gasteiger partial charge >= 0.3 is 0 Å². The van der Waals surface area contributed by atoms with Crippen LogP contribution in [0.4, 0.5) is 4.39 Å². The summed E-state index contributed by atoms with van der Waals surface area (Å²) in [5.41, 5.74) is 3.27. The predicted octanol–water partition coefficient (Wildman–Crippen LogP) is 5.91. The number of nitrogens with zero attached hydrogens (tertiary/aromatic N) is 1. The molecule has 1 amide bonds. The molecule has 0 spiro atoms. The number of hydrogen-bond donors (Lipinski definition) is 2. The van der Waals surface area contributed by atoms with Crippen molar-refractivity contribution in [3.05, 3.63) is 105 Å². The molecule has 34 heavy (non-hydrogen) atoms. The van der Waals surface area contributed by atoms with Gasteiger partial charge in [0.15, 0.2) is 0 Å². The molecule has 0 atom stereocenters. The summed E-state index contributed by atoms with van der Waals surface area (Å²) in [5, 5.41) is 13.4. The molecule has 0 bridgehead atoms. The second-order valence-electron chi connectivity index (χ2n) is 7.61. The van der Waals surface area contributed by atoms with Crippen LogP contribution in [0.25, 0.3) is 17.0 Å². The Bertz CT molecular complexity index is 1400. The van der Waals surface area contributed by atoms with Crippen molar-refractivity contribution >= 4 is 38.8 Å². The molecule has 0 aliphatic rings. The van der Waals surface area contributed by atoms with Gasteiger partial charge in [-0.15, -0.1) is 0 Å². The van der Waals surface area contributed by atoms with Crippen LogP contribution in [0.15, 0.2) is 83.0 Å². The van der Waals surface area contributed by atoms with E-state index in [0.29, 0.717) is 34.3 Å². The Kier molecular flexibility index (Phi) is 7.41. The number of hydrogen-bond acceptors (Lipinski definition) is 3. The number of fused-ring (bicyclic) bond motifs is 1. The van der Waals surface area contributed by atoms with Crippen molar-refractivity contribution < 1.29 is 13.9 Å². The predicted molar refractivity (Wildman–Crippen MR) is 133 cm³/mol. The van der Waals surface area contributed by atoms with E-state index in [1.807, 2.05) is 36.5 Å². The Labute approximate surface area is 205 Å². The van der Waals surface area contributed by atoms with Crippen molar-refractivity contribution in [2.75, 3.05) is 6.54 Å². The molecule has 2 N–H and O–H groups in total. The number of benzene rings is 3. The number of ether oxygens (including phenoxy) is 1. The van der Waals surface area contributed by atoms with Crippen molar-refractivity contribution in [3.63, 3.8) is 0 Å². The van der Waals surface area contributed by atoms with Gasteiger partial charge in [0.25, 0.3) is 5.91 Å². The minimum Gasteiger partial charge on any atom is -0.488 e. The van der Waals surface area contributed by atoms with E-state index in [-0.39, 0.29) is 18.0 Å². The van der Waals surface area contributed by atoms with E-state index in [1.54, 1.807) is 36.4 Å². The largest absolute Gasteiger partial charge is 0.488 e. The maximum absolute atomic E-state index is 13.8. The summed E-state index contributed by atoms with van der Waals surface area (Å²) in [5.74, 6) is -0.229. The molecular weight excluding hydrogens is 497 g/mol. The summed E-state index contributed by atoms with van der Waals surface area (Å²) in [6.45, 7) is 0.495. The van der Waals surface area contributed by atoms with Gasteiger partial charge in [-0.2, -0.15) is 5.26 Å². The van der Waals surface area contributed by atoms with Crippen molar-refractivity contribution in [2.24, 2.45) is 0 Å². The molecule has 0 saturated heterocycles. The van der Waals surface area contributed by atoms with Gasteiger partial charge in [0, 0.05) is 29.2 Å². The fourth-order valence-electron chi connectivity index (χ4n) is 3.55. The maximum Gasteiger partial charge on any atom is 0.261 e. The van der Waals surface area contributed by atoms with Gasteiger partial charge in [0.05, 0.1) is 4.47 Å². The lowest BCUT2D eigenvalue weighted by atomic mass is 10.1. The van der Waals surface area contributed by atoms with Crippen molar-refractivity contribution in [1.29, 1.82) is 5.26 Å². The lowest BCUT2D eigenvalue weighted by molar-refractivity contribution is -0.117. The Morgan fingerprint density at radius 2 is 1.91 bits per heavy atom. The zero-order valence-corrected chi connectivity index (χ0v) is 19.7.